The van der Waals surface area contributed by atoms with Crippen molar-refractivity contribution in [1.29, 1.82) is 0 Å². The summed E-state index contributed by atoms with van der Waals surface area (Å²) >= 11 is 5.67. The van der Waals surface area contributed by atoms with Gasteiger partial charge in [0.2, 0.25) is 0 Å². The van der Waals surface area contributed by atoms with E-state index in [4.69, 9.17) is 17.0 Å². The smallest absolute Gasteiger partial charge is 0.387 e. The fourth-order valence-corrected chi connectivity index (χ4v) is 4.26. The Morgan fingerprint density at radius 1 is 1.15 bits per heavy atom. The van der Waals surface area contributed by atoms with Gasteiger partial charge in [-0.2, -0.15) is 8.78 Å². The Bertz CT molecular complexity index is 1040. The average molecular weight is 476 g/mol. The van der Waals surface area contributed by atoms with Crippen molar-refractivity contribution in [3.63, 3.8) is 0 Å². The Labute approximate surface area is 197 Å². The number of benzene rings is 2. The van der Waals surface area contributed by atoms with Crippen LogP contribution in [-0.4, -0.2) is 42.7 Å². The number of halogens is 2. The van der Waals surface area contributed by atoms with Gasteiger partial charge in [0.1, 0.15) is 0 Å². The zero-order valence-electron chi connectivity index (χ0n) is 19.0. The lowest BCUT2D eigenvalue weighted by Gasteiger charge is -2.39. The van der Waals surface area contributed by atoms with Gasteiger partial charge in [-0.1, -0.05) is 24.3 Å². The molecule has 1 aliphatic heterocycles. The highest BCUT2D eigenvalue weighted by Gasteiger charge is 2.36. The quantitative estimate of drug-likeness (QED) is 0.550. The second-order valence-electron chi connectivity index (χ2n) is 7.32. The molecule has 0 aliphatic carbocycles. The maximum Gasteiger partial charge on any atom is 0.387 e. The fourth-order valence-electron chi connectivity index (χ4n) is 3.90. The highest BCUT2D eigenvalue weighted by molar-refractivity contribution is 7.80. The number of allylic oxidation sites excluding steroid dienone is 1. The number of anilines is 1. The van der Waals surface area contributed by atoms with E-state index in [-0.39, 0.29) is 17.4 Å². The van der Waals surface area contributed by atoms with Crippen LogP contribution in [0.1, 0.15) is 32.4 Å². The van der Waals surface area contributed by atoms with Crippen molar-refractivity contribution in [2.75, 3.05) is 25.1 Å². The molecule has 9 heteroatoms. The van der Waals surface area contributed by atoms with Crippen LogP contribution in [0.2, 0.25) is 0 Å². The van der Waals surface area contributed by atoms with Crippen LogP contribution in [0, 0.1) is 0 Å². The second kappa shape index (κ2) is 10.6. The minimum Gasteiger partial charge on any atom is -0.493 e. The van der Waals surface area contributed by atoms with Crippen molar-refractivity contribution in [2.45, 2.75) is 33.4 Å². The number of methoxy groups -OCH3 is 1. The van der Waals surface area contributed by atoms with E-state index >= 15 is 0 Å². The predicted octanol–water partition coefficient (Wildman–Crippen LogP) is 4.87. The molecule has 0 bridgehead atoms. The van der Waals surface area contributed by atoms with Crippen molar-refractivity contribution in [3.8, 4) is 11.5 Å². The third-order valence-corrected chi connectivity index (χ3v) is 5.82. The molecule has 0 saturated heterocycles. The average Bonchev–Trinajstić information content (AvgIpc) is 2.80. The zero-order chi connectivity index (χ0) is 24.1. The van der Waals surface area contributed by atoms with E-state index in [0.29, 0.717) is 35.0 Å². The Hall–Kier alpha value is -3.20. The topological polar surface area (TPSA) is 54.0 Å². The molecule has 0 saturated carbocycles. The molecule has 0 radical (unpaired) electrons. The Morgan fingerprint density at radius 3 is 2.39 bits per heavy atom. The van der Waals surface area contributed by atoms with Gasteiger partial charge in [0, 0.05) is 24.5 Å². The number of hydrogen-bond acceptors (Lipinski definition) is 4. The van der Waals surface area contributed by atoms with Gasteiger partial charge < -0.3 is 19.7 Å². The van der Waals surface area contributed by atoms with Crippen molar-refractivity contribution in [1.82, 2.24) is 10.2 Å². The van der Waals surface area contributed by atoms with Gasteiger partial charge in [-0.15, -0.1) is 0 Å². The van der Waals surface area contributed by atoms with Crippen LogP contribution < -0.4 is 19.7 Å². The molecule has 1 aliphatic rings. The van der Waals surface area contributed by atoms with E-state index in [2.05, 4.69) is 10.1 Å². The molecule has 0 spiro atoms. The molecular weight excluding hydrogens is 448 g/mol. The summed E-state index contributed by atoms with van der Waals surface area (Å²) in [5, 5.41) is 3.69. The summed E-state index contributed by atoms with van der Waals surface area (Å²) < 4.78 is 35.3. The summed E-state index contributed by atoms with van der Waals surface area (Å²) in [6.45, 7) is 3.79. The molecule has 6 nitrogen and oxygen atoms in total. The summed E-state index contributed by atoms with van der Waals surface area (Å²) in [7, 11) is 1.37. The molecule has 0 unspecified atom stereocenters. The Morgan fingerprint density at radius 2 is 1.82 bits per heavy atom. The number of likely N-dealkylation sites (N-methyl/N-ethyl adjacent to an activating group) is 1. The van der Waals surface area contributed by atoms with Crippen molar-refractivity contribution >= 4 is 28.9 Å². The lowest BCUT2D eigenvalue weighted by molar-refractivity contribution is -0.127. The van der Waals surface area contributed by atoms with Gasteiger partial charge in [-0.05, 0) is 62.8 Å². The van der Waals surface area contributed by atoms with Crippen molar-refractivity contribution in [2.24, 2.45) is 0 Å². The molecule has 2 aromatic rings. The van der Waals surface area contributed by atoms with Crippen LogP contribution in [0.3, 0.4) is 0 Å². The van der Waals surface area contributed by atoms with E-state index < -0.39 is 12.7 Å². The van der Waals surface area contributed by atoms with Crippen LogP contribution in [0.15, 0.2) is 59.8 Å². The SMILES string of the molecule is CCN(CC)C(=O)C1=C(C)N(c2ccccc2)C(=S)N[C@H]1c1ccc(OC(F)F)c(OC)c1. The maximum absolute atomic E-state index is 13.6. The molecule has 0 aromatic heterocycles. The first kappa shape index (κ1) is 24.4. The summed E-state index contributed by atoms with van der Waals surface area (Å²) in [5.74, 6) is -0.0820. The summed E-state index contributed by atoms with van der Waals surface area (Å²) in [4.78, 5) is 17.2. The van der Waals surface area contributed by atoms with E-state index in [1.54, 1.807) is 17.0 Å². The predicted molar refractivity (Wildman–Crippen MR) is 128 cm³/mol. The Kier molecular flexibility index (Phi) is 7.86. The summed E-state index contributed by atoms with van der Waals surface area (Å²) in [6, 6.07) is 13.5. The largest absolute Gasteiger partial charge is 0.493 e. The number of thiocarbonyl (C=S) groups is 1. The van der Waals surface area contributed by atoms with Crippen LogP contribution in [0.25, 0.3) is 0 Å². The normalized spacial score (nSPS) is 16.0. The zero-order valence-corrected chi connectivity index (χ0v) is 19.8. The first-order valence-electron chi connectivity index (χ1n) is 10.6. The third kappa shape index (κ3) is 5.08. The molecule has 0 fully saturated rings. The van der Waals surface area contributed by atoms with E-state index in [1.807, 2.05) is 56.0 Å². The van der Waals surface area contributed by atoms with E-state index in [9.17, 15) is 13.6 Å². The molecule has 176 valence electrons. The number of rotatable bonds is 8. The van der Waals surface area contributed by atoms with E-state index in [0.717, 1.165) is 5.69 Å². The molecule has 1 amide bonds. The number of hydrogen-bond donors (Lipinski definition) is 1. The van der Waals surface area contributed by atoms with Crippen LogP contribution in [0.4, 0.5) is 14.5 Å². The number of para-hydroxylation sites is 1. The second-order valence-corrected chi connectivity index (χ2v) is 7.71. The number of amides is 1. The van der Waals surface area contributed by atoms with Gasteiger partial charge in [-0.3, -0.25) is 9.69 Å². The van der Waals surface area contributed by atoms with Gasteiger partial charge >= 0.3 is 6.61 Å². The van der Waals surface area contributed by atoms with Gasteiger partial charge in [-0.25, -0.2) is 0 Å². The number of nitrogens with one attached hydrogen (secondary N) is 1. The maximum atomic E-state index is 13.6. The van der Waals surface area contributed by atoms with Crippen molar-refractivity contribution < 1.29 is 23.0 Å². The molecule has 1 heterocycles. The first-order valence-corrected chi connectivity index (χ1v) is 11.0. The number of carbonyl (C=O) groups excluding carboxylic acids is 1. The first-order chi connectivity index (χ1) is 15.8. The lowest BCUT2D eigenvalue weighted by atomic mass is 9.93. The molecule has 1 atom stereocenters. The standard InChI is InChI=1S/C24H27F2N3O3S/c1-5-28(6-2)22(30)20-15(3)29(17-10-8-7-9-11-17)24(33)27-21(20)16-12-13-18(32-23(25)26)19(14-16)31-4/h7-14,21,23H,5-6H2,1-4H3,(H,27,33)/t21-/m0/s1. The number of nitrogens with zero attached hydrogens (tertiary/aromatic N) is 2. The number of alkyl halides is 2. The van der Waals surface area contributed by atoms with Crippen molar-refractivity contribution in [3.05, 3.63) is 65.4 Å². The van der Waals surface area contributed by atoms with Crippen LogP contribution in [-0.2, 0) is 4.79 Å². The third-order valence-electron chi connectivity index (χ3n) is 5.52. The van der Waals surface area contributed by atoms with Crippen LogP contribution in [0.5, 0.6) is 11.5 Å². The van der Waals surface area contributed by atoms with Gasteiger partial charge in [0.15, 0.2) is 16.6 Å². The molecule has 2 aromatic carbocycles. The summed E-state index contributed by atoms with van der Waals surface area (Å²) in [5.41, 5.74) is 2.67. The fraction of sp³-hybridized carbons (Fsp3) is 0.333. The summed E-state index contributed by atoms with van der Waals surface area (Å²) in [6.07, 6.45) is 0. The van der Waals surface area contributed by atoms with Gasteiger partial charge in [0.05, 0.1) is 18.7 Å². The van der Waals surface area contributed by atoms with Crippen LogP contribution >= 0.6 is 12.2 Å². The monoisotopic (exact) mass is 475 g/mol. The highest BCUT2D eigenvalue weighted by Crippen LogP contribution is 2.38. The highest BCUT2D eigenvalue weighted by atomic mass is 32.1. The molecule has 33 heavy (non-hydrogen) atoms. The number of carbonyl (C=O) groups is 1. The number of ether oxygens (including phenoxy) is 2. The lowest BCUT2D eigenvalue weighted by Crippen LogP contribution is -2.50. The minimum absolute atomic E-state index is 0.0853. The minimum atomic E-state index is -2.98. The van der Waals surface area contributed by atoms with E-state index in [1.165, 1.54) is 13.2 Å². The Balaban J connectivity index is 2.15. The van der Waals surface area contributed by atoms with Gasteiger partial charge in [0.25, 0.3) is 5.91 Å². The molecule has 3 rings (SSSR count). The molecular formula is C24H27F2N3O3S. The molecule has 1 N–H and O–H groups in total.